The number of likely N-dealkylation sites (tertiary alicyclic amines) is 1. The lowest BCUT2D eigenvalue weighted by atomic mass is 9.74. The van der Waals surface area contributed by atoms with Gasteiger partial charge in [0.15, 0.2) is 15.4 Å². The number of nitrogens with zero attached hydrogens (tertiary/aromatic N) is 1. The molecule has 0 saturated carbocycles. The molecule has 2 heterocycles. The Labute approximate surface area is 201 Å². The SMILES string of the molecule is CC(C)([NH3+])C(=O)N[C@H](CCc1ccccc1)C(=O)N1CCC2(CC1)CS(=O)(=O)c1ccccc12. The van der Waals surface area contributed by atoms with Crippen molar-refractivity contribution in [3.63, 3.8) is 0 Å². The summed E-state index contributed by atoms with van der Waals surface area (Å²) in [5.41, 5.74) is 4.60. The van der Waals surface area contributed by atoms with E-state index < -0.39 is 26.8 Å². The van der Waals surface area contributed by atoms with E-state index in [1.165, 1.54) is 0 Å². The Balaban J connectivity index is 1.48. The summed E-state index contributed by atoms with van der Waals surface area (Å²) in [6.45, 7) is 4.38. The summed E-state index contributed by atoms with van der Waals surface area (Å²) in [5.74, 6) is -0.272. The number of hydrogen-bond acceptors (Lipinski definition) is 4. The topological polar surface area (TPSA) is 111 Å². The van der Waals surface area contributed by atoms with Crippen LogP contribution in [0, 0.1) is 0 Å². The highest BCUT2D eigenvalue weighted by atomic mass is 32.2. The zero-order valence-corrected chi connectivity index (χ0v) is 20.7. The number of carbonyl (C=O) groups is 2. The zero-order valence-electron chi connectivity index (χ0n) is 19.9. The van der Waals surface area contributed by atoms with Crippen molar-refractivity contribution in [3.8, 4) is 0 Å². The highest BCUT2D eigenvalue weighted by Crippen LogP contribution is 2.46. The van der Waals surface area contributed by atoms with E-state index in [-0.39, 0.29) is 17.6 Å². The smallest absolute Gasteiger partial charge is 0.281 e. The average Bonchev–Trinajstić information content (AvgIpc) is 3.03. The number of nitrogens with one attached hydrogen (secondary N) is 1. The number of hydrogen-bond donors (Lipinski definition) is 2. The van der Waals surface area contributed by atoms with Crippen molar-refractivity contribution in [2.45, 2.75) is 61.4 Å². The van der Waals surface area contributed by atoms with Gasteiger partial charge in [0.25, 0.3) is 5.91 Å². The van der Waals surface area contributed by atoms with E-state index in [0.717, 1.165) is 11.1 Å². The van der Waals surface area contributed by atoms with Gasteiger partial charge in [0.1, 0.15) is 6.04 Å². The number of rotatable bonds is 6. The molecule has 2 aliphatic rings. The van der Waals surface area contributed by atoms with Crippen molar-refractivity contribution >= 4 is 21.7 Å². The molecule has 1 fully saturated rings. The van der Waals surface area contributed by atoms with Crippen molar-refractivity contribution < 1.29 is 23.7 Å². The number of benzene rings is 2. The summed E-state index contributed by atoms with van der Waals surface area (Å²) >= 11 is 0. The van der Waals surface area contributed by atoms with Crippen LogP contribution in [0.3, 0.4) is 0 Å². The van der Waals surface area contributed by atoms with Crippen LogP contribution in [0.4, 0.5) is 0 Å². The Hall–Kier alpha value is -2.71. The van der Waals surface area contributed by atoms with E-state index in [4.69, 9.17) is 0 Å². The Bertz CT molecular complexity index is 1160. The van der Waals surface area contributed by atoms with Crippen LogP contribution in [0.25, 0.3) is 0 Å². The van der Waals surface area contributed by atoms with Crippen LogP contribution in [-0.4, -0.2) is 55.6 Å². The lowest BCUT2D eigenvalue weighted by molar-refractivity contribution is -0.446. The van der Waals surface area contributed by atoms with Crippen molar-refractivity contribution in [3.05, 3.63) is 65.7 Å². The Kier molecular flexibility index (Phi) is 6.57. The molecule has 4 N–H and O–H groups in total. The molecule has 2 aromatic rings. The highest BCUT2D eigenvalue weighted by Gasteiger charge is 2.49. The summed E-state index contributed by atoms with van der Waals surface area (Å²) in [5, 5.41) is 2.93. The van der Waals surface area contributed by atoms with Gasteiger partial charge in [0.05, 0.1) is 10.6 Å². The molecule has 2 amide bonds. The lowest BCUT2D eigenvalue weighted by Crippen LogP contribution is -2.76. The van der Waals surface area contributed by atoms with Gasteiger partial charge in [-0.1, -0.05) is 48.5 Å². The maximum absolute atomic E-state index is 13.5. The highest BCUT2D eigenvalue weighted by molar-refractivity contribution is 7.91. The molecule has 1 saturated heterocycles. The third kappa shape index (κ3) is 4.88. The lowest BCUT2D eigenvalue weighted by Gasteiger charge is -2.40. The maximum Gasteiger partial charge on any atom is 0.281 e. The minimum Gasteiger partial charge on any atom is -0.345 e. The van der Waals surface area contributed by atoms with Crippen LogP contribution in [0.2, 0.25) is 0 Å². The second-order valence-corrected chi connectivity index (χ2v) is 12.3. The van der Waals surface area contributed by atoms with Gasteiger partial charge in [-0.3, -0.25) is 9.59 Å². The third-order valence-electron chi connectivity index (χ3n) is 7.07. The minimum atomic E-state index is -3.31. The number of amides is 2. The second kappa shape index (κ2) is 9.15. The molecule has 34 heavy (non-hydrogen) atoms. The summed E-state index contributed by atoms with van der Waals surface area (Å²) in [7, 11) is -3.31. The van der Waals surface area contributed by atoms with E-state index in [9.17, 15) is 18.0 Å². The summed E-state index contributed by atoms with van der Waals surface area (Å²) in [6.07, 6.45) is 2.34. The first-order valence-corrected chi connectivity index (χ1v) is 13.5. The van der Waals surface area contributed by atoms with Crippen LogP contribution in [0.1, 0.15) is 44.2 Å². The third-order valence-corrected chi connectivity index (χ3v) is 9.03. The van der Waals surface area contributed by atoms with Gasteiger partial charge in [0.2, 0.25) is 5.91 Å². The van der Waals surface area contributed by atoms with Crippen molar-refractivity contribution in [2.75, 3.05) is 18.8 Å². The van der Waals surface area contributed by atoms with E-state index in [0.29, 0.717) is 43.7 Å². The number of aryl methyl sites for hydroxylation is 1. The van der Waals surface area contributed by atoms with Crippen molar-refractivity contribution in [1.29, 1.82) is 0 Å². The monoisotopic (exact) mass is 484 g/mol. The van der Waals surface area contributed by atoms with Gasteiger partial charge in [-0.2, -0.15) is 0 Å². The van der Waals surface area contributed by atoms with Crippen LogP contribution in [0.5, 0.6) is 0 Å². The predicted molar refractivity (Wildman–Crippen MR) is 130 cm³/mol. The molecule has 8 heteroatoms. The Morgan fingerprint density at radius 3 is 2.32 bits per heavy atom. The quantitative estimate of drug-likeness (QED) is 0.647. The minimum absolute atomic E-state index is 0.102. The normalized spacial score (nSPS) is 19.4. The van der Waals surface area contributed by atoms with Gasteiger partial charge in [-0.15, -0.1) is 0 Å². The van der Waals surface area contributed by atoms with Gasteiger partial charge in [-0.25, -0.2) is 8.42 Å². The van der Waals surface area contributed by atoms with Gasteiger partial charge in [-0.05, 0) is 56.7 Å². The molecular formula is C26H34N3O4S+. The van der Waals surface area contributed by atoms with Gasteiger partial charge >= 0.3 is 0 Å². The molecule has 2 aromatic carbocycles. The van der Waals surface area contributed by atoms with E-state index >= 15 is 0 Å². The Morgan fingerprint density at radius 2 is 1.68 bits per heavy atom. The molecule has 4 rings (SSSR count). The number of fused-ring (bicyclic) bond motifs is 2. The van der Waals surface area contributed by atoms with Crippen molar-refractivity contribution in [2.24, 2.45) is 0 Å². The second-order valence-electron chi connectivity index (χ2n) is 10.3. The molecule has 7 nitrogen and oxygen atoms in total. The molecule has 0 aromatic heterocycles. The van der Waals surface area contributed by atoms with Crippen LogP contribution < -0.4 is 11.1 Å². The van der Waals surface area contributed by atoms with Crippen LogP contribution in [-0.2, 0) is 31.3 Å². The molecule has 182 valence electrons. The fraction of sp³-hybridized carbons (Fsp3) is 0.462. The molecular weight excluding hydrogens is 450 g/mol. The van der Waals surface area contributed by atoms with Gasteiger partial charge < -0.3 is 16.0 Å². The maximum atomic E-state index is 13.5. The fourth-order valence-corrected chi connectivity index (χ4v) is 7.28. The van der Waals surface area contributed by atoms with E-state index in [1.54, 1.807) is 30.9 Å². The largest absolute Gasteiger partial charge is 0.345 e. The Morgan fingerprint density at radius 1 is 1.06 bits per heavy atom. The number of carbonyl (C=O) groups excluding carboxylic acids is 2. The summed E-state index contributed by atoms with van der Waals surface area (Å²) in [6, 6.07) is 16.5. The molecule has 0 aliphatic carbocycles. The summed E-state index contributed by atoms with van der Waals surface area (Å²) < 4.78 is 25.5. The summed E-state index contributed by atoms with van der Waals surface area (Å²) in [4.78, 5) is 28.4. The first kappa shape index (κ1) is 24.4. The van der Waals surface area contributed by atoms with E-state index in [2.05, 4.69) is 11.1 Å². The number of sulfone groups is 1. The average molecular weight is 485 g/mol. The van der Waals surface area contributed by atoms with E-state index in [1.807, 2.05) is 42.5 Å². The number of piperidine rings is 1. The van der Waals surface area contributed by atoms with Gasteiger partial charge in [0, 0.05) is 18.5 Å². The standard InChI is InChI=1S/C26H33N3O4S/c1-25(2,27)24(31)28-21(13-12-19-8-4-3-5-9-19)23(30)29-16-14-26(15-17-29)18-34(32,33)22-11-7-6-10-20(22)26/h3-11,21H,12-18,27H2,1-2H3,(H,28,31)/p+1/t21-/m1/s1. The predicted octanol–water partition coefficient (Wildman–Crippen LogP) is 1.47. The molecule has 1 atom stereocenters. The van der Waals surface area contributed by atoms with Crippen molar-refractivity contribution in [1.82, 2.24) is 10.2 Å². The first-order chi connectivity index (χ1) is 16.0. The molecule has 1 spiro atoms. The van der Waals surface area contributed by atoms with Crippen LogP contribution in [0.15, 0.2) is 59.5 Å². The molecule has 2 aliphatic heterocycles. The number of quaternary nitrogens is 1. The molecule has 0 bridgehead atoms. The van der Waals surface area contributed by atoms with Crippen LogP contribution >= 0.6 is 0 Å². The fourth-order valence-electron chi connectivity index (χ4n) is 5.05. The zero-order chi connectivity index (χ0) is 24.6. The molecule has 0 unspecified atom stereocenters. The molecule has 0 radical (unpaired) electrons. The first-order valence-electron chi connectivity index (χ1n) is 11.8.